The van der Waals surface area contributed by atoms with E-state index in [1.165, 1.54) is 11.8 Å². The molecule has 122 valence electrons. The maximum Gasteiger partial charge on any atom is 0.277 e. The van der Waals surface area contributed by atoms with Crippen LogP contribution in [0.2, 0.25) is 0 Å². The van der Waals surface area contributed by atoms with Gasteiger partial charge in [0.15, 0.2) is 0 Å². The molecule has 0 aliphatic rings. The highest BCUT2D eigenvalue weighted by atomic mass is 32.2. The van der Waals surface area contributed by atoms with Crippen LogP contribution in [0, 0.1) is 0 Å². The third-order valence-electron chi connectivity index (χ3n) is 3.14. The van der Waals surface area contributed by atoms with E-state index in [0.717, 1.165) is 16.1 Å². The first kappa shape index (κ1) is 16.6. The molecule has 0 aliphatic heterocycles. The van der Waals surface area contributed by atoms with Crippen molar-refractivity contribution >= 4 is 35.1 Å². The van der Waals surface area contributed by atoms with E-state index in [9.17, 15) is 4.79 Å². The van der Waals surface area contributed by atoms with Gasteiger partial charge in [-0.05, 0) is 30.5 Å². The summed E-state index contributed by atoms with van der Waals surface area (Å²) < 4.78 is 5.57. The molecule has 2 aromatic carbocycles. The number of benzene rings is 2. The van der Waals surface area contributed by atoms with E-state index in [1.807, 2.05) is 60.9 Å². The summed E-state index contributed by atoms with van der Waals surface area (Å²) in [6.45, 7) is 0. The van der Waals surface area contributed by atoms with E-state index in [2.05, 4.69) is 15.5 Å². The van der Waals surface area contributed by atoms with Crippen LogP contribution in [0.25, 0.3) is 11.5 Å². The van der Waals surface area contributed by atoms with E-state index in [1.54, 1.807) is 11.8 Å². The van der Waals surface area contributed by atoms with Gasteiger partial charge in [0.25, 0.3) is 5.22 Å². The van der Waals surface area contributed by atoms with Gasteiger partial charge in [0, 0.05) is 10.5 Å². The van der Waals surface area contributed by atoms with Crippen molar-refractivity contribution in [1.29, 1.82) is 0 Å². The zero-order valence-corrected chi connectivity index (χ0v) is 14.6. The molecular formula is C17H15N3O2S2. The van der Waals surface area contributed by atoms with Crippen molar-refractivity contribution in [2.75, 3.05) is 17.3 Å². The quantitative estimate of drug-likeness (QED) is 0.667. The Balaban J connectivity index is 1.58. The first-order valence-corrected chi connectivity index (χ1v) is 9.42. The monoisotopic (exact) mass is 357 g/mol. The molecule has 0 saturated carbocycles. The van der Waals surface area contributed by atoms with Crippen molar-refractivity contribution in [1.82, 2.24) is 10.2 Å². The third-order valence-corrected chi connectivity index (χ3v) is 4.75. The molecule has 0 fully saturated rings. The molecule has 3 rings (SSSR count). The van der Waals surface area contributed by atoms with Crippen LogP contribution >= 0.6 is 23.5 Å². The Morgan fingerprint density at radius 1 is 1.08 bits per heavy atom. The first-order chi connectivity index (χ1) is 11.8. The molecule has 0 aliphatic carbocycles. The molecule has 3 aromatic rings. The average molecular weight is 357 g/mol. The number of para-hydroxylation sites is 1. The van der Waals surface area contributed by atoms with E-state index >= 15 is 0 Å². The summed E-state index contributed by atoms with van der Waals surface area (Å²) in [5, 5.41) is 11.2. The Morgan fingerprint density at radius 2 is 1.83 bits per heavy atom. The molecule has 1 N–H and O–H groups in total. The van der Waals surface area contributed by atoms with E-state index in [-0.39, 0.29) is 11.7 Å². The molecule has 0 radical (unpaired) electrons. The number of hydrogen-bond donors (Lipinski definition) is 1. The maximum atomic E-state index is 12.1. The third kappa shape index (κ3) is 4.18. The fourth-order valence-electron chi connectivity index (χ4n) is 2.03. The SMILES string of the molecule is CSc1ccccc1NC(=O)CSc1nnc(-c2ccccc2)o1. The highest BCUT2D eigenvalue weighted by molar-refractivity contribution is 7.99. The van der Waals surface area contributed by atoms with Crippen molar-refractivity contribution in [3.05, 3.63) is 54.6 Å². The Morgan fingerprint density at radius 3 is 2.62 bits per heavy atom. The number of amides is 1. The lowest BCUT2D eigenvalue weighted by molar-refractivity contribution is -0.113. The molecule has 1 aromatic heterocycles. The molecule has 0 unspecified atom stereocenters. The van der Waals surface area contributed by atoms with Gasteiger partial charge in [-0.3, -0.25) is 4.79 Å². The summed E-state index contributed by atoms with van der Waals surface area (Å²) in [5.41, 5.74) is 1.67. The number of thioether (sulfide) groups is 2. The second-order valence-electron chi connectivity index (χ2n) is 4.78. The fraction of sp³-hybridized carbons (Fsp3) is 0.118. The van der Waals surface area contributed by atoms with E-state index < -0.39 is 0 Å². The molecular weight excluding hydrogens is 342 g/mol. The molecule has 0 bridgehead atoms. The minimum Gasteiger partial charge on any atom is -0.411 e. The number of carbonyl (C=O) groups excluding carboxylic acids is 1. The number of hydrogen-bond acceptors (Lipinski definition) is 6. The van der Waals surface area contributed by atoms with Crippen LogP contribution < -0.4 is 5.32 Å². The Kier molecular flexibility index (Phi) is 5.55. The van der Waals surface area contributed by atoms with Gasteiger partial charge in [-0.2, -0.15) is 0 Å². The lowest BCUT2D eigenvalue weighted by atomic mass is 10.2. The lowest BCUT2D eigenvalue weighted by Gasteiger charge is -2.08. The first-order valence-electron chi connectivity index (χ1n) is 7.21. The minimum absolute atomic E-state index is 0.110. The predicted molar refractivity (Wildman–Crippen MR) is 97.3 cm³/mol. The number of nitrogens with one attached hydrogen (secondary N) is 1. The number of anilines is 1. The molecule has 7 heteroatoms. The highest BCUT2D eigenvalue weighted by Gasteiger charge is 2.12. The number of nitrogens with zero attached hydrogens (tertiary/aromatic N) is 2. The molecule has 1 heterocycles. The summed E-state index contributed by atoms with van der Waals surface area (Å²) in [6, 6.07) is 17.2. The van der Waals surface area contributed by atoms with Gasteiger partial charge in [-0.1, -0.05) is 42.1 Å². The normalized spacial score (nSPS) is 10.5. The summed E-state index contributed by atoms with van der Waals surface area (Å²) in [5.74, 6) is 0.547. The van der Waals surface area contributed by atoms with Gasteiger partial charge in [-0.15, -0.1) is 22.0 Å². The summed E-state index contributed by atoms with van der Waals surface area (Å²) >= 11 is 2.81. The lowest BCUT2D eigenvalue weighted by Crippen LogP contribution is -2.14. The summed E-state index contributed by atoms with van der Waals surface area (Å²) in [7, 11) is 0. The second-order valence-corrected chi connectivity index (χ2v) is 6.55. The van der Waals surface area contributed by atoms with Crippen molar-refractivity contribution < 1.29 is 9.21 Å². The number of carbonyl (C=O) groups is 1. The van der Waals surface area contributed by atoms with Crippen LogP contribution in [0.4, 0.5) is 5.69 Å². The zero-order valence-electron chi connectivity index (χ0n) is 12.9. The number of rotatable bonds is 6. The molecule has 0 spiro atoms. The standard InChI is InChI=1S/C17H15N3O2S2/c1-23-14-10-6-5-9-13(14)18-15(21)11-24-17-20-19-16(22-17)12-7-3-2-4-8-12/h2-10H,11H2,1H3,(H,18,21). The molecule has 0 saturated heterocycles. The minimum atomic E-state index is -0.110. The number of aromatic nitrogens is 2. The fourth-order valence-corrected chi connectivity index (χ4v) is 3.14. The Bertz CT molecular complexity index is 821. The largest absolute Gasteiger partial charge is 0.411 e. The van der Waals surface area contributed by atoms with Gasteiger partial charge in [0.1, 0.15) is 0 Å². The molecule has 0 atom stereocenters. The van der Waals surface area contributed by atoms with Gasteiger partial charge >= 0.3 is 0 Å². The van der Waals surface area contributed by atoms with Crippen molar-refractivity contribution in [3.8, 4) is 11.5 Å². The van der Waals surface area contributed by atoms with Crippen LogP contribution in [0.15, 0.2) is 69.1 Å². The van der Waals surface area contributed by atoms with Crippen LogP contribution in [0.1, 0.15) is 0 Å². The molecule has 1 amide bonds. The van der Waals surface area contributed by atoms with Crippen LogP contribution in [-0.4, -0.2) is 28.1 Å². The predicted octanol–water partition coefficient (Wildman–Crippen LogP) is 4.19. The Hall–Kier alpha value is -2.25. The van der Waals surface area contributed by atoms with Crippen molar-refractivity contribution in [2.24, 2.45) is 0 Å². The van der Waals surface area contributed by atoms with Gasteiger partial charge in [0.2, 0.25) is 11.8 Å². The average Bonchev–Trinajstić information content (AvgIpc) is 3.10. The second kappa shape index (κ2) is 8.03. The molecule has 24 heavy (non-hydrogen) atoms. The van der Waals surface area contributed by atoms with E-state index in [0.29, 0.717) is 11.1 Å². The summed E-state index contributed by atoms with van der Waals surface area (Å²) in [6.07, 6.45) is 1.98. The zero-order chi connectivity index (χ0) is 16.8. The Labute approximate surface area is 148 Å². The molecule has 5 nitrogen and oxygen atoms in total. The summed E-state index contributed by atoms with van der Waals surface area (Å²) in [4.78, 5) is 13.1. The van der Waals surface area contributed by atoms with Gasteiger partial charge in [0.05, 0.1) is 11.4 Å². The highest BCUT2D eigenvalue weighted by Crippen LogP contribution is 2.26. The van der Waals surface area contributed by atoms with Gasteiger partial charge < -0.3 is 9.73 Å². The topological polar surface area (TPSA) is 68.0 Å². The smallest absolute Gasteiger partial charge is 0.277 e. The maximum absolute atomic E-state index is 12.1. The van der Waals surface area contributed by atoms with Crippen LogP contribution in [0.3, 0.4) is 0 Å². The van der Waals surface area contributed by atoms with Crippen LogP contribution in [-0.2, 0) is 4.79 Å². The van der Waals surface area contributed by atoms with Crippen molar-refractivity contribution in [2.45, 2.75) is 10.1 Å². The van der Waals surface area contributed by atoms with Crippen LogP contribution in [0.5, 0.6) is 0 Å². The van der Waals surface area contributed by atoms with Crippen molar-refractivity contribution in [3.63, 3.8) is 0 Å². The van der Waals surface area contributed by atoms with E-state index in [4.69, 9.17) is 4.42 Å². The van der Waals surface area contributed by atoms with Gasteiger partial charge in [-0.25, -0.2) is 0 Å².